The number of hydrogen-bond donors (Lipinski definition) is 1. The third-order valence-corrected chi connectivity index (χ3v) is 4.40. The molecule has 0 spiro atoms. The lowest BCUT2D eigenvalue weighted by Gasteiger charge is -2.13. The predicted molar refractivity (Wildman–Crippen MR) is 78.0 cm³/mol. The van der Waals surface area contributed by atoms with Crippen LogP contribution in [0.25, 0.3) is 0 Å². The quantitative estimate of drug-likeness (QED) is 0.769. The van der Waals surface area contributed by atoms with Gasteiger partial charge in [0.1, 0.15) is 0 Å². The van der Waals surface area contributed by atoms with Gasteiger partial charge < -0.3 is 5.11 Å². The Morgan fingerprint density at radius 1 is 1.05 bits per heavy atom. The van der Waals surface area contributed by atoms with Gasteiger partial charge in [-0.2, -0.15) is 13.2 Å². The van der Waals surface area contributed by atoms with E-state index in [1.807, 2.05) is 0 Å². The molecule has 2 aromatic carbocycles. The molecule has 0 amide bonds. The Hall–Kier alpha value is -0.880. The van der Waals surface area contributed by atoms with Crippen molar-refractivity contribution in [2.75, 3.05) is 0 Å². The third kappa shape index (κ3) is 4.07. The lowest BCUT2D eigenvalue weighted by Crippen LogP contribution is -2.09. The van der Waals surface area contributed by atoms with Crippen LogP contribution in [0.15, 0.2) is 46.2 Å². The normalized spacial score (nSPS) is 11.7. The minimum atomic E-state index is -4.52. The van der Waals surface area contributed by atoms with E-state index in [2.05, 4.69) is 0 Å². The van der Waals surface area contributed by atoms with Gasteiger partial charge in [-0.25, -0.2) is 0 Å². The summed E-state index contributed by atoms with van der Waals surface area (Å²) in [6.07, 6.45) is -4.52. The average Bonchev–Trinajstić information content (AvgIpc) is 2.42. The molecular weight excluding hydrogens is 344 g/mol. The Morgan fingerprint density at radius 2 is 1.76 bits per heavy atom. The first-order chi connectivity index (χ1) is 9.81. The fraction of sp³-hybridized carbons (Fsp3) is 0.143. The van der Waals surface area contributed by atoms with Crippen LogP contribution in [-0.4, -0.2) is 5.11 Å². The van der Waals surface area contributed by atoms with Crippen LogP contribution in [0.1, 0.15) is 11.1 Å². The van der Waals surface area contributed by atoms with Crippen molar-refractivity contribution in [1.29, 1.82) is 0 Å². The summed E-state index contributed by atoms with van der Waals surface area (Å²) >= 11 is 12.9. The first-order valence-corrected chi connectivity index (χ1v) is 7.32. The molecule has 112 valence electrons. The van der Waals surface area contributed by atoms with Crippen molar-refractivity contribution in [3.8, 4) is 0 Å². The smallest absolute Gasteiger partial charge is 0.392 e. The van der Waals surface area contributed by atoms with E-state index in [9.17, 15) is 13.2 Å². The van der Waals surface area contributed by atoms with Crippen LogP contribution in [0.5, 0.6) is 0 Å². The minimum Gasteiger partial charge on any atom is -0.392 e. The molecule has 0 aliphatic carbocycles. The second-order valence-electron chi connectivity index (χ2n) is 4.15. The largest absolute Gasteiger partial charge is 0.416 e. The van der Waals surface area contributed by atoms with Gasteiger partial charge in [0.2, 0.25) is 0 Å². The van der Waals surface area contributed by atoms with Crippen LogP contribution in [-0.2, 0) is 12.8 Å². The summed E-state index contributed by atoms with van der Waals surface area (Å²) in [5.74, 6) is 0. The molecule has 0 saturated heterocycles. The lowest BCUT2D eigenvalue weighted by molar-refractivity contribution is -0.138. The molecule has 0 aliphatic rings. The van der Waals surface area contributed by atoms with E-state index in [-0.39, 0.29) is 5.56 Å². The molecule has 0 aromatic heterocycles. The van der Waals surface area contributed by atoms with Gasteiger partial charge in [0.15, 0.2) is 0 Å². The van der Waals surface area contributed by atoms with Crippen LogP contribution in [0, 0.1) is 0 Å². The zero-order chi connectivity index (χ0) is 15.6. The van der Waals surface area contributed by atoms with Crippen molar-refractivity contribution < 1.29 is 18.3 Å². The lowest BCUT2D eigenvalue weighted by atomic mass is 10.1. The molecule has 0 fully saturated rings. The molecule has 0 saturated carbocycles. The van der Waals surface area contributed by atoms with Gasteiger partial charge in [0, 0.05) is 14.8 Å². The van der Waals surface area contributed by atoms with E-state index in [1.54, 1.807) is 18.2 Å². The number of halogens is 5. The molecule has 0 heterocycles. The highest BCUT2D eigenvalue weighted by Crippen LogP contribution is 2.39. The monoisotopic (exact) mass is 352 g/mol. The Kier molecular flexibility index (Phi) is 5.09. The summed E-state index contributed by atoms with van der Waals surface area (Å²) in [5.41, 5.74) is -1.02. The molecular formula is C14H9Cl2F3OS. The molecule has 21 heavy (non-hydrogen) atoms. The zero-order valence-corrected chi connectivity index (χ0v) is 12.7. The van der Waals surface area contributed by atoms with Gasteiger partial charge in [0.25, 0.3) is 0 Å². The number of aliphatic hydroxyl groups excluding tert-OH is 1. The maximum absolute atomic E-state index is 12.9. The molecule has 0 aliphatic heterocycles. The van der Waals surface area contributed by atoms with Gasteiger partial charge in [-0.05, 0) is 35.9 Å². The molecule has 7 heteroatoms. The van der Waals surface area contributed by atoms with Crippen LogP contribution >= 0.6 is 35.0 Å². The third-order valence-electron chi connectivity index (χ3n) is 2.68. The average molecular weight is 353 g/mol. The maximum atomic E-state index is 12.9. The van der Waals surface area contributed by atoms with Gasteiger partial charge in [0.05, 0.1) is 17.2 Å². The van der Waals surface area contributed by atoms with Gasteiger partial charge in [-0.15, -0.1) is 0 Å². The summed E-state index contributed by atoms with van der Waals surface area (Å²) in [4.78, 5) is 0.928. The van der Waals surface area contributed by atoms with Crippen molar-refractivity contribution in [2.24, 2.45) is 0 Å². The summed E-state index contributed by atoms with van der Waals surface area (Å²) < 4.78 is 38.8. The van der Waals surface area contributed by atoms with E-state index >= 15 is 0 Å². The van der Waals surface area contributed by atoms with Crippen molar-refractivity contribution in [3.63, 3.8) is 0 Å². The van der Waals surface area contributed by atoms with Crippen LogP contribution < -0.4 is 0 Å². The molecule has 0 unspecified atom stereocenters. The van der Waals surface area contributed by atoms with Crippen LogP contribution in [0.2, 0.25) is 10.0 Å². The fourth-order valence-electron chi connectivity index (χ4n) is 1.70. The van der Waals surface area contributed by atoms with Crippen molar-refractivity contribution in [1.82, 2.24) is 0 Å². The maximum Gasteiger partial charge on any atom is 0.416 e. The van der Waals surface area contributed by atoms with Crippen molar-refractivity contribution >= 4 is 35.0 Å². The molecule has 2 rings (SSSR count). The van der Waals surface area contributed by atoms with E-state index in [0.29, 0.717) is 19.8 Å². The van der Waals surface area contributed by atoms with Gasteiger partial charge >= 0.3 is 6.18 Å². The predicted octanol–water partition coefficient (Wildman–Crippen LogP) is 5.66. The SMILES string of the molecule is OCc1ccc(Sc2cc(Cl)ccc2Cl)cc1C(F)(F)F. The molecule has 1 N–H and O–H groups in total. The highest BCUT2D eigenvalue weighted by molar-refractivity contribution is 7.99. The Labute approximate surface area is 133 Å². The van der Waals surface area contributed by atoms with E-state index in [1.165, 1.54) is 12.1 Å². The van der Waals surface area contributed by atoms with Crippen LogP contribution in [0.3, 0.4) is 0 Å². The topological polar surface area (TPSA) is 20.2 Å². The van der Waals surface area contributed by atoms with E-state index < -0.39 is 18.3 Å². The number of benzene rings is 2. The first kappa shape index (κ1) is 16.5. The Morgan fingerprint density at radius 3 is 2.38 bits per heavy atom. The molecule has 2 aromatic rings. The van der Waals surface area contributed by atoms with Crippen LogP contribution in [0.4, 0.5) is 13.2 Å². The number of rotatable bonds is 3. The van der Waals surface area contributed by atoms with Crippen molar-refractivity contribution in [3.05, 3.63) is 57.6 Å². The molecule has 0 bridgehead atoms. The van der Waals surface area contributed by atoms with E-state index in [0.717, 1.165) is 17.8 Å². The summed E-state index contributed by atoms with van der Waals surface area (Å²) in [5, 5.41) is 9.85. The molecule has 1 nitrogen and oxygen atoms in total. The highest BCUT2D eigenvalue weighted by Gasteiger charge is 2.33. The summed E-state index contributed by atoms with van der Waals surface area (Å²) in [6, 6.07) is 8.52. The second kappa shape index (κ2) is 6.48. The summed E-state index contributed by atoms with van der Waals surface area (Å²) in [7, 11) is 0. The molecule has 0 atom stereocenters. The standard InChI is InChI=1S/C14H9Cl2F3OS/c15-9-2-4-12(16)13(5-9)21-10-3-1-8(7-20)11(6-10)14(17,18)19/h1-6,20H,7H2. The van der Waals surface area contributed by atoms with Gasteiger partial charge in [-0.1, -0.05) is 41.0 Å². The van der Waals surface area contributed by atoms with Gasteiger partial charge in [-0.3, -0.25) is 0 Å². The minimum absolute atomic E-state index is 0.163. The zero-order valence-electron chi connectivity index (χ0n) is 10.4. The summed E-state index contributed by atoms with van der Waals surface area (Å²) in [6.45, 7) is -0.669. The Bertz CT molecular complexity index is 659. The fourth-order valence-corrected chi connectivity index (χ4v) is 3.09. The molecule has 0 radical (unpaired) electrons. The Balaban J connectivity index is 2.39. The van der Waals surface area contributed by atoms with E-state index in [4.69, 9.17) is 28.3 Å². The number of hydrogen-bond acceptors (Lipinski definition) is 2. The van der Waals surface area contributed by atoms with Crippen molar-refractivity contribution in [2.45, 2.75) is 22.6 Å². The highest BCUT2D eigenvalue weighted by atomic mass is 35.5. The second-order valence-corrected chi connectivity index (χ2v) is 6.11. The first-order valence-electron chi connectivity index (χ1n) is 5.75. The number of aliphatic hydroxyl groups is 1. The number of alkyl halides is 3.